The highest BCUT2D eigenvalue weighted by molar-refractivity contribution is 5.01. The summed E-state index contributed by atoms with van der Waals surface area (Å²) >= 11 is 0. The Balaban J connectivity index is 2.72. The third-order valence-corrected chi connectivity index (χ3v) is 3.91. The molecule has 0 aromatic rings. The van der Waals surface area contributed by atoms with Gasteiger partial charge in [0.2, 0.25) is 0 Å². The van der Waals surface area contributed by atoms with Crippen molar-refractivity contribution in [3.8, 4) is 0 Å². The summed E-state index contributed by atoms with van der Waals surface area (Å²) in [4.78, 5) is 0. The molecule has 14 heavy (non-hydrogen) atoms. The second-order valence-electron chi connectivity index (χ2n) is 5.85. The highest BCUT2D eigenvalue weighted by atomic mass is 16.3. The van der Waals surface area contributed by atoms with Crippen LogP contribution >= 0.6 is 0 Å². The van der Waals surface area contributed by atoms with Crippen molar-refractivity contribution in [3.05, 3.63) is 0 Å². The summed E-state index contributed by atoms with van der Waals surface area (Å²) in [6.45, 7) is 8.35. The van der Waals surface area contributed by atoms with E-state index in [1.54, 1.807) is 0 Å². The number of aliphatic hydroxyl groups is 1. The fraction of sp³-hybridized carbons (Fsp3) is 1.00. The molecule has 0 aromatic heterocycles. The van der Waals surface area contributed by atoms with Crippen LogP contribution in [0.1, 0.15) is 53.4 Å². The van der Waals surface area contributed by atoms with Gasteiger partial charge in [-0.2, -0.15) is 0 Å². The first-order valence-electron chi connectivity index (χ1n) is 5.77. The van der Waals surface area contributed by atoms with Gasteiger partial charge in [0, 0.05) is 5.54 Å². The van der Waals surface area contributed by atoms with Crippen molar-refractivity contribution < 1.29 is 5.11 Å². The summed E-state index contributed by atoms with van der Waals surface area (Å²) in [5.74, 6) is 1.29. The molecular formula is C12H25NO. The molecule has 2 unspecified atom stereocenters. The topological polar surface area (TPSA) is 46.2 Å². The summed E-state index contributed by atoms with van der Waals surface area (Å²) in [6, 6.07) is 0. The van der Waals surface area contributed by atoms with E-state index in [1.807, 2.05) is 13.8 Å². The van der Waals surface area contributed by atoms with Crippen LogP contribution in [0.25, 0.3) is 0 Å². The van der Waals surface area contributed by atoms with Crippen LogP contribution in [0.2, 0.25) is 0 Å². The highest BCUT2D eigenvalue weighted by Crippen LogP contribution is 2.40. The summed E-state index contributed by atoms with van der Waals surface area (Å²) in [6.07, 6.45) is 4.09. The maximum Gasteiger partial charge on any atom is 0.0823 e. The Bertz CT molecular complexity index is 195. The van der Waals surface area contributed by atoms with Crippen LogP contribution in [-0.2, 0) is 0 Å². The molecule has 1 rings (SSSR count). The van der Waals surface area contributed by atoms with E-state index < -0.39 is 11.1 Å². The van der Waals surface area contributed by atoms with Crippen molar-refractivity contribution in [2.45, 2.75) is 64.5 Å². The first-order chi connectivity index (χ1) is 6.26. The lowest BCUT2D eigenvalue weighted by atomic mass is 9.67. The van der Waals surface area contributed by atoms with Crippen molar-refractivity contribution in [3.63, 3.8) is 0 Å². The summed E-state index contributed by atoms with van der Waals surface area (Å²) in [5.41, 5.74) is 4.93. The molecule has 2 atom stereocenters. The largest absolute Gasteiger partial charge is 0.388 e. The smallest absolute Gasteiger partial charge is 0.0823 e. The number of nitrogens with two attached hydrogens (primary N) is 1. The minimum Gasteiger partial charge on any atom is -0.388 e. The number of hydrogen-bond acceptors (Lipinski definition) is 2. The van der Waals surface area contributed by atoms with Gasteiger partial charge in [-0.3, -0.25) is 0 Å². The van der Waals surface area contributed by atoms with Gasteiger partial charge in [-0.1, -0.05) is 20.3 Å². The maximum absolute atomic E-state index is 10.5. The second kappa shape index (κ2) is 3.82. The molecule has 2 nitrogen and oxygen atoms in total. The lowest BCUT2D eigenvalue weighted by molar-refractivity contribution is -0.0731. The molecule has 1 fully saturated rings. The normalized spacial score (nSPS) is 34.9. The average Bonchev–Trinajstić information content (AvgIpc) is 2.02. The molecule has 0 bridgehead atoms. The van der Waals surface area contributed by atoms with Crippen molar-refractivity contribution in [1.82, 2.24) is 0 Å². The van der Waals surface area contributed by atoms with E-state index in [0.717, 1.165) is 19.3 Å². The molecule has 0 amide bonds. The van der Waals surface area contributed by atoms with Crippen LogP contribution < -0.4 is 5.73 Å². The van der Waals surface area contributed by atoms with E-state index in [4.69, 9.17) is 5.73 Å². The van der Waals surface area contributed by atoms with E-state index in [1.165, 1.54) is 6.42 Å². The summed E-state index contributed by atoms with van der Waals surface area (Å²) in [5, 5.41) is 10.5. The Morgan fingerprint density at radius 2 is 2.00 bits per heavy atom. The van der Waals surface area contributed by atoms with E-state index in [2.05, 4.69) is 13.8 Å². The monoisotopic (exact) mass is 199 g/mol. The van der Waals surface area contributed by atoms with Crippen molar-refractivity contribution in [1.29, 1.82) is 0 Å². The summed E-state index contributed by atoms with van der Waals surface area (Å²) < 4.78 is 0. The van der Waals surface area contributed by atoms with Crippen molar-refractivity contribution in [2.75, 3.05) is 0 Å². The molecular weight excluding hydrogens is 174 g/mol. The fourth-order valence-corrected chi connectivity index (χ4v) is 2.45. The van der Waals surface area contributed by atoms with Crippen LogP contribution in [0.5, 0.6) is 0 Å². The van der Waals surface area contributed by atoms with E-state index in [0.29, 0.717) is 11.8 Å². The van der Waals surface area contributed by atoms with Crippen LogP contribution in [0.4, 0.5) is 0 Å². The molecule has 0 spiro atoms. The Morgan fingerprint density at radius 1 is 1.43 bits per heavy atom. The standard InChI is InChI=1S/C12H25NO/c1-9(2)10-6-5-7-12(14,8-10)11(3,4)13/h9-10,14H,5-8,13H2,1-4H3. The Labute approximate surface area is 87.9 Å². The quantitative estimate of drug-likeness (QED) is 0.717. The van der Waals surface area contributed by atoms with Crippen LogP contribution in [0.15, 0.2) is 0 Å². The summed E-state index contributed by atoms with van der Waals surface area (Å²) in [7, 11) is 0. The van der Waals surface area contributed by atoms with Crippen molar-refractivity contribution in [2.24, 2.45) is 17.6 Å². The molecule has 0 aromatic carbocycles. The van der Waals surface area contributed by atoms with Gasteiger partial charge in [-0.05, 0) is 44.9 Å². The second-order valence-corrected chi connectivity index (χ2v) is 5.85. The van der Waals surface area contributed by atoms with Gasteiger partial charge in [0.25, 0.3) is 0 Å². The molecule has 1 aliphatic carbocycles. The van der Waals surface area contributed by atoms with Crippen molar-refractivity contribution >= 4 is 0 Å². The molecule has 0 saturated heterocycles. The van der Waals surface area contributed by atoms with Gasteiger partial charge in [0.15, 0.2) is 0 Å². The third-order valence-electron chi connectivity index (χ3n) is 3.91. The molecule has 0 heterocycles. The minimum absolute atomic E-state index is 0.472. The van der Waals surface area contributed by atoms with Gasteiger partial charge >= 0.3 is 0 Å². The molecule has 2 heteroatoms. The Kier molecular flexibility index (Phi) is 3.27. The molecule has 0 radical (unpaired) electrons. The zero-order valence-electron chi connectivity index (χ0n) is 10.0. The lowest BCUT2D eigenvalue weighted by Gasteiger charge is -2.46. The van der Waals surface area contributed by atoms with Gasteiger partial charge in [-0.25, -0.2) is 0 Å². The van der Waals surface area contributed by atoms with E-state index >= 15 is 0 Å². The van der Waals surface area contributed by atoms with Crippen LogP contribution in [0, 0.1) is 11.8 Å². The van der Waals surface area contributed by atoms with Crippen LogP contribution in [0.3, 0.4) is 0 Å². The van der Waals surface area contributed by atoms with E-state index in [-0.39, 0.29) is 0 Å². The predicted molar refractivity (Wildman–Crippen MR) is 60.0 cm³/mol. The zero-order chi connectivity index (χ0) is 11.0. The van der Waals surface area contributed by atoms with E-state index in [9.17, 15) is 5.11 Å². The lowest BCUT2D eigenvalue weighted by Crippen LogP contribution is -2.58. The predicted octanol–water partition coefficient (Wildman–Crippen LogP) is 2.30. The zero-order valence-corrected chi connectivity index (χ0v) is 10.0. The molecule has 1 saturated carbocycles. The number of hydrogen-bond donors (Lipinski definition) is 2. The first kappa shape index (κ1) is 12.0. The third kappa shape index (κ3) is 2.29. The molecule has 3 N–H and O–H groups in total. The molecule has 84 valence electrons. The first-order valence-corrected chi connectivity index (χ1v) is 5.77. The average molecular weight is 199 g/mol. The SMILES string of the molecule is CC(C)C1CCCC(O)(C(C)(C)N)C1. The fourth-order valence-electron chi connectivity index (χ4n) is 2.45. The van der Waals surface area contributed by atoms with Crippen LogP contribution in [-0.4, -0.2) is 16.2 Å². The molecule has 0 aliphatic heterocycles. The molecule has 1 aliphatic rings. The highest BCUT2D eigenvalue weighted by Gasteiger charge is 2.44. The van der Waals surface area contributed by atoms with Gasteiger partial charge < -0.3 is 10.8 Å². The van der Waals surface area contributed by atoms with Gasteiger partial charge in [0.05, 0.1) is 5.60 Å². The Hall–Kier alpha value is -0.0800. The Morgan fingerprint density at radius 3 is 2.43 bits per heavy atom. The van der Waals surface area contributed by atoms with Gasteiger partial charge in [-0.15, -0.1) is 0 Å². The van der Waals surface area contributed by atoms with Gasteiger partial charge in [0.1, 0.15) is 0 Å². The number of rotatable bonds is 2. The minimum atomic E-state index is -0.653. The maximum atomic E-state index is 10.5.